The molecule has 0 saturated heterocycles. The molecule has 0 saturated carbocycles. The molecule has 3 aromatic carbocycles. The number of carboxylic acid groups (broad SMARTS) is 1. The van der Waals surface area contributed by atoms with Crippen LogP contribution in [0.25, 0.3) is 10.8 Å². The lowest BCUT2D eigenvalue weighted by molar-refractivity contribution is -0.179. The number of benzene rings is 3. The van der Waals surface area contributed by atoms with Gasteiger partial charge in [0.15, 0.2) is 6.29 Å². The average molecular weight is 551 g/mol. The van der Waals surface area contributed by atoms with Crippen LogP contribution < -0.4 is 10.1 Å². The van der Waals surface area contributed by atoms with E-state index < -0.39 is 24.5 Å². The van der Waals surface area contributed by atoms with E-state index in [4.69, 9.17) is 14.2 Å². The van der Waals surface area contributed by atoms with E-state index in [9.17, 15) is 14.7 Å². The van der Waals surface area contributed by atoms with Gasteiger partial charge in [0.1, 0.15) is 17.4 Å². The fourth-order valence-electron chi connectivity index (χ4n) is 4.67. The predicted octanol–water partition coefficient (Wildman–Crippen LogP) is 6.01. The third-order valence-electron chi connectivity index (χ3n) is 6.43. The molecule has 0 radical (unpaired) electrons. The normalized spacial score (nSPS) is 13.2. The summed E-state index contributed by atoms with van der Waals surface area (Å²) in [5.41, 5.74) is 1.40. The van der Waals surface area contributed by atoms with E-state index in [1.165, 1.54) is 0 Å². The third-order valence-corrected chi connectivity index (χ3v) is 6.43. The van der Waals surface area contributed by atoms with E-state index >= 15 is 0 Å². The van der Waals surface area contributed by atoms with E-state index in [0.717, 1.165) is 21.9 Å². The first kappa shape index (κ1) is 30.9. The van der Waals surface area contributed by atoms with Crippen LogP contribution in [0.3, 0.4) is 0 Å². The van der Waals surface area contributed by atoms with Gasteiger partial charge in [0, 0.05) is 26.2 Å². The van der Waals surface area contributed by atoms with Crippen LogP contribution in [-0.2, 0) is 27.2 Å². The Kier molecular flexibility index (Phi) is 10.9. The molecule has 0 aromatic heterocycles. The van der Waals surface area contributed by atoms with Gasteiger partial charge in [-0.15, -0.1) is 0 Å². The minimum atomic E-state index is -1.27. The lowest BCUT2D eigenvalue weighted by atomic mass is 10.0. The Hall–Kier alpha value is -3.62. The highest BCUT2D eigenvalue weighted by atomic mass is 16.7. The van der Waals surface area contributed by atoms with Crippen LogP contribution in [0.2, 0.25) is 0 Å². The Labute approximate surface area is 237 Å². The Morgan fingerprint density at radius 3 is 2.15 bits per heavy atom. The molecule has 3 rings (SSSR count). The van der Waals surface area contributed by atoms with Gasteiger partial charge in [-0.25, -0.2) is 4.79 Å². The molecule has 8 heteroatoms. The van der Waals surface area contributed by atoms with E-state index in [-0.39, 0.29) is 24.5 Å². The first-order valence-corrected chi connectivity index (χ1v) is 13.8. The quantitative estimate of drug-likeness (QED) is 0.253. The molecule has 8 nitrogen and oxygen atoms in total. The van der Waals surface area contributed by atoms with Gasteiger partial charge in [-0.05, 0) is 75.6 Å². The lowest BCUT2D eigenvalue weighted by Crippen LogP contribution is -2.55. The van der Waals surface area contributed by atoms with Gasteiger partial charge in [0.25, 0.3) is 0 Å². The first-order valence-electron chi connectivity index (χ1n) is 13.8. The summed E-state index contributed by atoms with van der Waals surface area (Å²) in [6.07, 6.45) is -1.77. The summed E-state index contributed by atoms with van der Waals surface area (Å²) >= 11 is 0. The monoisotopic (exact) mass is 550 g/mol. The van der Waals surface area contributed by atoms with Crippen LogP contribution >= 0.6 is 0 Å². The van der Waals surface area contributed by atoms with Crippen molar-refractivity contribution in [1.29, 1.82) is 0 Å². The van der Waals surface area contributed by atoms with Gasteiger partial charge >= 0.3 is 6.09 Å². The summed E-state index contributed by atoms with van der Waals surface area (Å²) in [4.78, 5) is 27.7. The van der Waals surface area contributed by atoms with Crippen molar-refractivity contribution in [2.24, 2.45) is 0 Å². The summed E-state index contributed by atoms with van der Waals surface area (Å²) in [5, 5.41) is 14.2. The number of rotatable bonds is 13. The second kappa shape index (κ2) is 14.1. The minimum absolute atomic E-state index is 0.174. The number of hydrogen-bond acceptors (Lipinski definition) is 5. The zero-order valence-electron chi connectivity index (χ0n) is 24.3. The van der Waals surface area contributed by atoms with Gasteiger partial charge < -0.3 is 29.5 Å². The first-order chi connectivity index (χ1) is 19.0. The standard InChI is InChI=1S/C32H42N2O6/c1-7-38-30(39-8-2)22(3)34(21-25-14-11-13-24-12-9-10-15-27(24)25)29(35)28(33-31(36)37)20-23-16-18-26(19-17-23)40-32(4,5)6/h9-19,22,28,30,33H,7-8,20-21H2,1-6H3,(H,36,37)/t22-,28-/m0/s1. The Balaban J connectivity index is 1.96. The summed E-state index contributed by atoms with van der Waals surface area (Å²) < 4.78 is 17.6. The van der Waals surface area contributed by atoms with Crippen LogP contribution in [0.5, 0.6) is 5.75 Å². The molecule has 0 spiro atoms. The number of hydrogen-bond donors (Lipinski definition) is 2. The number of ether oxygens (including phenoxy) is 3. The molecule has 2 N–H and O–H groups in total. The zero-order chi connectivity index (χ0) is 29.3. The maximum atomic E-state index is 14.2. The molecular formula is C32H42N2O6. The van der Waals surface area contributed by atoms with Gasteiger partial charge in [0.2, 0.25) is 5.91 Å². The van der Waals surface area contributed by atoms with Crippen molar-refractivity contribution >= 4 is 22.8 Å². The van der Waals surface area contributed by atoms with E-state index in [2.05, 4.69) is 5.32 Å². The largest absolute Gasteiger partial charge is 0.488 e. The van der Waals surface area contributed by atoms with Gasteiger partial charge in [0.05, 0.1) is 6.04 Å². The smallest absolute Gasteiger partial charge is 0.405 e. The summed E-state index contributed by atoms with van der Waals surface area (Å²) in [6.45, 7) is 12.6. The predicted molar refractivity (Wildman–Crippen MR) is 156 cm³/mol. The van der Waals surface area contributed by atoms with Crippen molar-refractivity contribution < 1.29 is 28.9 Å². The second-order valence-electron chi connectivity index (χ2n) is 10.7. The van der Waals surface area contributed by atoms with Crippen LogP contribution in [0.4, 0.5) is 4.79 Å². The Morgan fingerprint density at radius 2 is 1.55 bits per heavy atom. The average Bonchev–Trinajstić information content (AvgIpc) is 2.90. The molecule has 0 heterocycles. The van der Waals surface area contributed by atoms with Crippen molar-refractivity contribution in [3.63, 3.8) is 0 Å². The number of amides is 2. The fraction of sp³-hybridized carbons (Fsp3) is 0.438. The van der Waals surface area contributed by atoms with Gasteiger partial charge in [-0.1, -0.05) is 54.6 Å². The molecule has 0 bridgehead atoms. The SMILES string of the molecule is CCOC(OCC)[C@H](C)N(Cc1cccc2ccccc12)C(=O)[C@H](Cc1ccc(OC(C)(C)C)cc1)NC(=O)O. The van der Waals surface area contributed by atoms with Crippen LogP contribution in [0.15, 0.2) is 66.7 Å². The second-order valence-corrected chi connectivity index (χ2v) is 10.7. The fourth-order valence-corrected chi connectivity index (χ4v) is 4.67. The molecule has 2 atom stereocenters. The van der Waals surface area contributed by atoms with Crippen LogP contribution in [-0.4, -0.2) is 59.2 Å². The van der Waals surface area contributed by atoms with Gasteiger partial charge in [-0.3, -0.25) is 4.79 Å². The molecule has 216 valence electrons. The highest BCUT2D eigenvalue weighted by molar-refractivity contribution is 5.88. The number of fused-ring (bicyclic) bond motifs is 1. The molecule has 0 aliphatic heterocycles. The van der Waals surface area contributed by atoms with Crippen molar-refractivity contribution in [2.45, 2.75) is 78.5 Å². The summed E-state index contributed by atoms with van der Waals surface area (Å²) in [5.74, 6) is 0.343. The molecule has 3 aromatic rings. The number of nitrogens with zero attached hydrogens (tertiary/aromatic N) is 1. The number of carbonyl (C=O) groups excluding carboxylic acids is 1. The molecule has 40 heavy (non-hydrogen) atoms. The lowest BCUT2D eigenvalue weighted by Gasteiger charge is -2.36. The van der Waals surface area contributed by atoms with E-state index in [0.29, 0.717) is 19.0 Å². The van der Waals surface area contributed by atoms with Crippen molar-refractivity contribution in [1.82, 2.24) is 10.2 Å². The summed E-state index contributed by atoms with van der Waals surface area (Å²) in [7, 11) is 0. The van der Waals surface area contributed by atoms with Crippen molar-refractivity contribution in [2.75, 3.05) is 13.2 Å². The molecule has 0 unspecified atom stereocenters. The topological polar surface area (TPSA) is 97.3 Å². The van der Waals surface area contributed by atoms with E-state index in [1.807, 2.05) is 108 Å². The van der Waals surface area contributed by atoms with Crippen LogP contribution in [0.1, 0.15) is 52.7 Å². The third kappa shape index (κ3) is 8.69. The minimum Gasteiger partial charge on any atom is -0.488 e. The highest BCUT2D eigenvalue weighted by Crippen LogP contribution is 2.24. The highest BCUT2D eigenvalue weighted by Gasteiger charge is 2.34. The molecular weight excluding hydrogens is 508 g/mol. The number of nitrogens with one attached hydrogen (secondary N) is 1. The number of carbonyl (C=O) groups is 2. The maximum Gasteiger partial charge on any atom is 0.405 e. The molecule has 0 aliphatic carbocycles. The maximum absolute atomic E-state index is 14.2. The molecule has 2 amide bonds. The van der Waals surface area contributed by atoms with E-state index in [1.54, 1.807) is 4.90 Å². The summed E-state index contributed by atoms with van der Waals surface area (Å²) in [6, 6.07) is 19.8. The molecule has 0 fully saturated rings. The van der Waals surface area contributed by atoms with Crippen molar-refractivity contribution in [3.05, 3.63) is 77.9 Å². The molecule has 0 aliphatic rings. The Bertz CT molecular complexity index is 1240. The van der Waals surface area contributed by atoms with Gasteiger partial charge in [-0.2, -0.15) is 0 Å². The van der Waals surface area contributed by atoms with Crippen LogP contribution in [0, 0.1) is 0 Å². The van der Waals surface area contributed by atoms with Crippen molar-refractivity contribution in [3.8, 4) is 5.75 Å². The zero-order valence-corrected chi connectivity index (χ0v) is 24.3. The Morgan fingerprint density at radius 1 is 0.925 bits per heavy atom.